The van der Waals surface area contributed by atoms with Gasteiger partial charge < -0.3 is 9.84 Å². The lowest BCUT2D eigenvalue weighted by molar-refractivity contribution is -0.140. The average Bonchev–Trinajstić information content (AvgIpc) is 2.56. The van der Waals surface area contributed by atoms with Gasteiger partial charge in [-0.05, 0) is 50.7 Å². The van der Waals surface area contributed by atoms with Crippen LogP contribution in [0.1, 0.15) is 69.8 Å². The molecule has 0 aromatic heterocycles. The molecule has 2 aliphatic carbocycles. The first-order chi connectivity index (χ1) is 11.9. The Labute approximate surface area is 155 Å². The van der Waals surface area contributed by atoms with Crippen molar-refractivity contribution in [2.24, 2.45) is 0 Å². The van der Waals surface area contributed by atoms with E-state index in [9.17, 15) is 13.2 Å². The number of aliphatic hydroxyl groups excluding tert-OH is 1. The highest BCUT2D eigenvalue weighted by Crippen LogP contribution is 2.42. The highest BCUT2D eigenvalue weighted by Gasteiger charge is 2.37. The lowest BCUT2D eigenvalue weighted by atomic mass is 9.97. The molecule has 0 bridgehead atoms. The molecule has 0 amide bonds. The zero-order valence-corrected chi connectivity index (χ0v) is 15.9. The third-order valence-corrected chi connectivity index (χ3v) is 5.34. The molecule has 0 heterocycles. The molecule has 3 rings (SSSR count). The summed E-state index contributed by atoms with van der Waals surface area (Å²) < 4.78 is 44.4. The summed E-state index contributed by atoms with van der Waals surface area (Å²) in [6.07, 6.45) is 6.31. The Hall–Kier alpha value is -0.750. The molecule has 0 aliphatic heterocycles. The summed E-state index contributed by atoms with van der Waals surface area (Å²) in [6.45, 7) is 0. The van der Waals surface area contributed by atoms with Gasteiger partial charge in [0.15, 0.2) is 0 Å². The van der Waals surface area contributed by atoms with Crippen molar-refractivity contribution in [2.45, 2.75) is 82.6 Å². The van der Waals surface area contributed by atoms with Gasteiger partial charge in [0, 0.05) is 4.47 Å². The van der Waals surface area contributed by atoms with Crippen molar-refractivity contribution in [3.05, 3.63) is 28.2 Å². The molecule has 0 radical (unpaired) electrons. The third kappa shape index (κ3) is 6.81. The van der Waals surface area contributed by atoms with Crippen molar-refractivity contribution in [2.75, 3.05) is 0 Å². The van der Waals surface area contributed by atoms with E-state index in [4.69, 9.17) is 9.84 Å². The van der Waals surface area contributed by atoms with Crippen LogP contribution in [0, 0.1) is 0 Å². The molecular weight excluding hydrogens is 397 g/mol. The molecular formula is C19H26BrF3O2. The first-order valence-electron chi connectivity index (χ1n) is 9.08. The lowest BCUT2D eigenvalue weighted by Gasteiger charge is -2.25. The van der Waals surface area contributed by atoms with E-state index in [0.717, 1.165) is 44.9 Å². The monoisotopic (exact) mass is 422 g/mol. The highest BCUT2D eigenvalue weighted by molar-refractivity contribution is 9.10. The lowest BCUT2D eigenvalue weighted by Crippen LogP contribution is -2.21. The van der Waals surface area contributed by atoms with E-state index in [1.165, 1.54) is 31.4 Å². The predicted molar refractivity (Wildman–Crippen MR) is 95.7 cm³/mol. The fourth-order valence-corrected chi connectivity index (χ4v) is 3.89. The number of rotatable bonds is 2. The summed E-state index contributed by atoms with van der Waals surface area (Å²) >= 11 is 2.95. The van der Waals surface area contributed by atoms with Crippen LogP contribution < -0.4 is 4.74 Å². The van der Waals surface area contributed by atoms with Gasteiger partial charge in [-0.2, -0.15) is 13.2 Å². The standard InChI is InChI=1S/C13H14BrF3O.C6H12O/c14-10-7-4-8-11(12(10)13(15,16)17)18-9-5-2-1-3-6-9;7-6-4-2-1-3-5-6/h4,7-9H,1-3,5-6H2;6-7H,1-5H2. The molecule has 142 valence electrons. The van der Waals surface area contributed by atoms with Crippen molar-refractivity contribution < 1.29 is 23.0 Å². The van der Waals surface area contributed by atoms with Crippen molar-refractivity contribution in [3.63, 3.8) is 0 Å². The minimum absolute atomic E-state index is 0.0308. The van der Waals surface area contributed by atoms with E-state index in [2.05, 4.69) is 15.9 Å². The first kappa shape index (κ1) is 20.6. The largest absolute Gasteiger partial charge is 0.490 e. The van der Waals surface area contributed by atoms with Crippen LogP contribution in [0.4, 0.5) is 13.2 Å². The maximum atomic E-state index is 13.0. The molecule has 1 N–H and O–H groups in total. The number of hydrogen-bond acceptors (Lipinski definition) is 2. The number of aliphatic hydroxyl groups is 1. The van der Waals surface area contributed by atoms with Gasteiger partial charge in [0.25, 0.3) is 0 Å². The summed E-state index contributed by atoms with van der Waals surface area (Å²) in [4.78, 5) is 0. The first-order valence-corrected chi connectivity index (χ1v) is 9.87. The van der Waals surface area contributed by atoms with Gasteiger partial charge in [-0.3, -0.25) is 0 Å². The van der Waals surface area contributed by atoms with Crippen LogP contribution in [0.3, 0.4) is 0 Å². The summed E-state index contributed by atoms with van der Waals surface area (Å²) in [5.74, 6) is -0.0659. The van der Waals surface area contributed by atoms with E-state index >= 15 is 0 Å². The minimum atomic E-state index is -4.40. The zero-order valence-electron chi connectivity index (χ0n) is 14.3. The Kier molecular flexibility index (Phi) is 8.07. The van der Waals surface area contributed by atoms with Gasteiger partial charge in [0.05, 0.1) is 12.2 Å². The maximum Gasteiger partial charge on any atom is 0.421 e. The summed E-state index contributed by atoms with van der Waals surface area (Å²) in [7, 11) is 0. The SMILES string of the molecule is FC(F)(F)c1c(Br)cccc1OC1CCCCC1.OC1CCCCC1. The van der Waals surface area contributed by atoms with Crippen molar-refractivity contribution in [1.82, 2.24) is 0 Å². The van der Waals surface area contributed by atoms with Crippen LogP contribution in [0.15, 0.2) is 22.7 Å². The Bertz CT molecular complexity index is 522. The van der Waals surface area contributed by atoms with E-state index in [0.29, 0.717) is 0 Å². The fourth-order valence-electron chi connectivity index (χ4n) is 3.32. The van der Waals surface area contributed by atoms with E-state index in [1.807, 2.05) is 0 Å². The topological polar surface area (TPSA) is 29.5 Å². The van der Waals surface area contributed by atoms with Gasteiger partial charge in [-0.15, -0.1) is 0 Å². The number of ether oxygens (including phenoxy) is 1. The van der Waals surface area contributed by atoms with Crippen molar-refractivity contribution >= 4 is 15.9 Å². The number of alkyl halides is 3. The normalized spacial score (nSPS) is 19.9. The van der Waals surface area contributed by atoms with Crippen LogP contribution in [-0.2, 0) is 6.18 Å². The third-order valence-electron chi connectivity index (χ3n) is 4.68. The van der Waals surface area contributed by atoms with Gasteiger partial charge in [-0.1, -0.05) is 47.7 Å². The minimum Gasteiger partial charge on any atom is -0.490 e. The van der Waals surface area contributed by atoms with Gasteiger partial charge in [0.1, 0.15) is 11.3 Å². The Morgan fingerprint density at radius 3 is 1.96 bits per heavy atom. The smallest absolute Gasteiger partial charge is 0.421 e. The van der Waals surface area contributed by atoms with Gasteiger partial charge in [-0.25, -0.2) is 0 Å². The second-order valence-corrected chi connectivity index (χ2v) is 7.63. The molecule has 0 saturated heterocycles. The van der Waals surface area contributed by atoms with Crippen LogP contribution in [-0.4, -0.2) is 17.3 Å². The van der Waals surface area contributed by atoms with Crippen LogP contribution in [0.5, 0.6) is 5.75 Å². The summed E-state index contributed by atoms with van der Waals surface area (Å²) in [6, 6.07) is 4.34. The molecule has 0 atom stereocenters. The molecule has 2 aliphatic rings. The quantitative estimate of drug-likeness (QED) is 0.589. The van der Waals surface area contributed by atoms with E-state index in [1.54, 1.807) is 6.07 Å². The second kappa shape index (κ2) is 9.81. The summed E-state index contributed by atoms with van der Waals surface area (Å²) in [5, 5.41) is 8.91. The molecule has 0 unspecified atom stereocenters. The number of benzene rings is 1. The Morgan fingerprint density at radius 1 is 0.920 bits per heavy atom. The van der Waals surface area contributed by atoms with Crippen LogP contribution in [0.25, 0.3) is 0 Å². The van der Waals surface area contributed by atoms with Crippen LogP contribution >= 0.6 is 15.9 Å². The maximum absolute atomic E-state index is 13.0. The zero-order chi connectivity index (χ0) is 18.3. The highest BCUT2D eigenvalue weighted by atomic mass is 79.9. The van der Waals surface area contributed by atoms with Gasteiger partial charge >= 0.3 is 6.18 Å². The van der Waals surface area contributed by atoms with Gasteiger partial charge in [0.2, 0.25) is 0 Å². The molecule has 1 aromatic rings. The average molecular weight is 423 g/mol. The molecule has 2 fully saturated rings. The summed E-state index contributed by atoms with van der Waals surface area (Å²) in [5.41, 5.74) is -0.712. The molecule has 6 heteroatoms. The number of hydrogen-bond donors (Lipinski definition) is 1. The predicted octanol–water partition coefficient (Wildman–Crippen LogP) is 6.49. The Balaban J connectivity index is 0.000000269. The van der Waals surface area contributed by atoms with Crippen LogP contribution in [0.2, 0.25) is 0 Å². The van der Waals surface area contributed by atoms with E-state index in [-0.39, 0.29) is 22.4 Å². The molecule has 2 saturated carbocycles. The van der Waals surface area contributed by atoms with Crippen molar-refractivity contribution in [1.29, 1.82) is 0 Å². The number of halogens is 4. The molecule has 1 aromatic carbocycles. The molecule has 25 heavy (non-hydrogen) atoms. The Morgan fingerprint density at radius 2 is 1.48 bits per heavy atom. The van der Waals surface area contributed by atoms with E-state index < -0.39 is 11.7 Å². The van der Waals surface area contributed by atoms with Crippen molar-refractivity contribution in [3.8, 4) is 5.75 Å². The fraction of sp³-hybridized carbons (Fsp3) is 0.684. The second-order valence-electron chi connectivity index (χ2n) is 6.78. The molecule has 2 nitrogen and oxygen atoms in total. The molecule has 0 spiro atoms.